The van der Waals surface area contributed by atoms with Crippen LogP contribution in [0, 0.1) is 5.92 Å². The maximum absolute atomic E-state index is 12.0. The van der Waals surface area contributed by atoms with Crippen LogP contribution >= 0.6 is 11.8 Å². The first kappa shape index (κ1) is 17.1. The monoisotopic (exact) mass is 302 g/mol. The Morgan fingerprint density at radius 1 is 1.40 bits per heavy atom. The number of rotatable bonds is 6. The molecule has 0 bridgehead atoms. The number of thioether (sulfide) groups is 1. The third-order valence-corrected chi connectivity index (χ3v) is 4.77. The van der Waals surface area contributed by atoms with Gasteiger partial charge in [-0.3, -0.25) is 4.79 Å². The number of carbonyl (C=O) groups is 2. The lowest BCUT2D eigenvalue weighted by Gasteiger charge is -2.37. The van der Waals surface area contributed by atoms with Crippen molar-refractivity contribution >= 4 is 23.8 Å². The Bertz CT molecular complexity index is 347. The first-order valence-corrected chi connectivity index (χ1v) is 8.17. The maximum atomic E-state index is 12.0. The fourth-order valence-electron chi connectivity index (χ4n) is 2.24. The lowest BCUT2D eigenvalue weighted by atomic mass is 10.0. The Morgan fingerprint density at radius 2 is 2.10 bits per heavy atom. The number of nitrogens with zero attached hydrogens (tertiary/aromatic N) is 1. The average molecular weight is 302 g/mol. The third kappa shape index (κ3) is 6.50. The summed E-state index contributed by atoms with van der Waals surface area (Å²) in [6, 6.07) is 0.00353. The van der Waals surface area contributed by atoms with Crippen molar-refractivity contribution in [3.05, 3.63) is 0 Å². The molecular formula is C14H26N2O3S. The summed E-state index contributed by atoms with van der Waals surface area (Å²) < 4.78 is 0.129. The lowest BCUT2D eigenvalue weighted by Crippen LogP contribution is -2.50. The number of carboxylic acids is 1. The van der Waals surface area contributed by atoms with E-state index in [-0.39, 0.29) is 17.2 Å². The number of aliphatic carboxylic acids is 1. The largest absolute Gasteiger partial charge is 0.481 e. The minimum Gasteiger partial charge on any atom is -0.481 e. The van der Waals surface area contributed by atoms with Gasteiger partial charge in [-0.2, -0.15) is 11.8 Å². The molecule has 0 aliphatic carbocycles. The van der Waals surface area contributed by atoms with Gasteiger partial charge < -0.3 is 15.3 Å². The van der Waals surface area contributed by atoms with Crippen molar-refractivity contribution in [3.63, 3.8) is 0 Å². The SMILES string of the molecule is CC(CCNC(=O)N1CCSC(C)(C)C1)CCC(=O)O. The Morgan fingerprint density at radius 3 is 2.70 bits per heavy atom. The fourth-order valence-corrected chi connectivity index (χ4v) is 3.35. The molecule has 2 amide bonds. The van der Waals surface area contributed by atoms with Crippen LogP contribution in [0.4, 0.5) is 4.79 Å². The van der Waals surface area contributed by atoms with Crippen LogP contribution in [-0.2, 0) is 4.79 Å². The Balaban J connectivity index is 2.21. The van der Waals surface area contributed by atoms with Crippen molar-refractivity contribution in [3.8, 4) is 0 Å². The van der Waals surface area contributed by atoms with Crippen molar-refractivity contribution < 1.29 is 14.7 Å². The van der Waals surface area contributed by atoms with E-state index in [4.69, 9.17) is 5.11 Å². The van der Waals surface area contributed by atoms with Gasteiger partial charge in [-0.05, 0) is 32.6 Å². The summed E-state index contributed by atoms with van der Waals surface area (Å²) in [6.45, 7) is 8.53. The molecule has 116 valence electrons. The fraction of sp³-hybridized carbons (Fsp3) is 0.857. The Labute approximate surface area is 125 Å². The molecule has 1 atom stereocenters. The molecular weight excluding hydrogens is 276 g/mol. The summed E-state index contributed by atoms with van der Waals surface area (Å²) in [7, 11) is 0. The van der Waals surface area contributed by atoms with E-state index in [9.17, 15) is 9.59 Å². The van der Waals surface area contributed by atoms with Gasteiger partial charge in [0, 0.05) is 36.6 Å². The van der Waals surface area contributed by atoms with Gasteiger partial charge in [0.1, 0.15) is 0 Å². The van der Waals surface area contributed by atoms with Gasteiger partial charge in [-0.15, -0.1) is 0 Å². The molecule has 1 fully saturated rings. The minimum atomic E-state index is -0.756. The van der Waals surface area contributed by atoms with Gasteiger partial charge in [0.05, 0.1) is 0 Å². The van der Waals surface area contributed by atoms with E-state index in [1.807, 2.05) is 23.6 Å². The van der Waals surface area contributed by atoms with Crippen LogP contribution in [0.1, 0.15) is 40.0 Å². The lowest BCUT2D eigenvalue weighted by molar-refractivity contribution is -0.137. The highest BCUT2D eigenvalue weighted by Crippen LogP contribution is 2.29. The second-order valence-electron chi connectivity index (χ2n) is 6.09. The molecule has 1 aliphatic heterocycles. The van der Waals surface area contributed by atoms with Crippen LogP contribution in [0.15, 0.2) is 0 Å². The van der Waals surface area contributed by atoms with Crippen LogP contribution in [0.3, 0.4) is 0 Å². The molecule has 1 unspecified atom stereocenters. The van der Waals surface area contributed by atoms with Crippen LogP contribution < -0.4 is 5.32 Å². The molecule has 1 rings (SSSR count). The summed E-state index contributed by atoms with van der Waals surface area (Å²) >= 11 is 1.90. The standard InChI is InChI=1S/C14H26N2O3S/c1-11(4-5-12(17)18)6-7-15-13(19)16-8-9-20-14(2,3)10-16/h11H,4-10H2,1-3H3,(H,15,19)(H,17,18). The quantitative estimate of drug-likeness (QED) is 0.790. The first-order valence-electron chi connectivity index (χ1n) is 7.19. The van der Waals surface area contributed by atoms with Gasteiger partial charge >= 0.3 is 12.0 Å². The second kappa shape index (κ2) is 7.76. The zero-order valence-corrected chi connectivity index (χ0v) is 13.5. The van der Waals surface area contributed by atoms with Crippen molar-refractivity contribution in [1.29, 1.82) is 0 Å². The van der Waals surface area contributed by atoms with Crippen LogP contribution in [0.25, 0.3) is 0 Å². The minimum absolute atomic E-state index is 0.00353. The molecule has 0 radical (unpaired) electrons. The number of hydrogen-bond acceptors (Lipinski definition) is 3. The molecule has 0 saturated carbocycles. The zero-order valence-electron chi connectivity index (χ0n) is 12.6. The van der Waals surface area contributed by atoms with E-state index < -0.39 is 5.97 Å². The molecule has 0 aromatic rings. The maximum Gasteiger partial charge on any atom is 0.317 e. The van der Waals surface area contributed by atoms with Crippen molar-refractivity contribution in [2.24, 2.45) is 5.92 Å². The number of carbonyl (C=O) groups excluding carboxylic acids is 1. The Kier molecular flexibility index (Phi) is 6.65. The predicted octanol–water partition coefficient (Wildman–Crippen LogP) is 2.41. The number of carboxylic acid groups (broad SMARTS) is 1. The van der Waals surface area contributed by atoms with Gasteiger partial charge in [-0.1, -0.05) is 6.92 Å². The predicted molar refractivity (Wildman–Crippen MR) is 82.2 cm³/mol. The van der Waals surface area contributed by atoms with E-state index >= 15 is 0 Å². The number of nitrogens with one attached hydrogen (secondary N) is 1. The summed E-state index contributed by atoms with van der Waals surface area (Å²) in [5.41, 5.74) is 0. The normalized spacial score (nSPS) is 19.4. The van der Waals surface area contributed by atoms with Crippen molar-refractivity contribution in [1.82, 2.24) is 10.2 Å². The van der Waals surface area contributed by atoms with E-state index in [1.165, 1.54) is 0 Å². The van der Waals surface area contributed by atoms with Gasteiger partial charge in [-0.25, -0.2) is 4.79 Å². The molecule has 1 saturated heterocycles. The average Bonchev–Trinajstić information content (AvgIpc) is 2.35. The molecule has 0 spiro atoms. The van der Waals surface area contributed by atoms with Crippen molar-refractivity contribution in [2.45, 2.75) is 44.8 Å². The molecule has 1 aliphatic rings. The molecule has 2 N–H and O–H groups in total. The number of amides is 2. The molecule has 1 heterocycles. The van der Waals surface area contributed by atoms with E-state index in [0.29, 0.717) is 18.9 Å². The molecule has 0 aromatic heterocycles. The summed E-state index contributed by atoms with van der Waals surface area (Å²) in [6.07, 6.45) is 1.69. The highest BCUT2D eigenvalue weighted by atomic mass is 32.2. The van der Waals surface area contributed by atoms with E-state index in [1.54, 1.807) is 0 Å². The third-order valence-electron chi connectivity index (χ3n) is 3.48. The van der Waals surface area contributed by atoms with Gasteiger partial charge in [0.25, 0.3) is 0 Å². The molecule has 5 nitrogen and oxygen atoms in total. The molecule has 20 heavy (non-hydrogen) atoms. The zero-order chi connectivity index (χ0) is 15.2. The van der Waals surface area contributed by atoms with Gasteiger partial charge in [0.2, 0.25) is 0 Å². The smallest absolute Gasteiger partial charge is 0.317 e. The second-order valence-corrected chi connectivity index (χ2v) is 7.89. The highest BCUT2D eigenvalue weighted by Gasteiger charge is 2.29. The van der Waals surface area contributed by atoms with Crippen LogP contribution in [-0.4, -0.2) is 52.1 Å². The molecule has 6 heteroatoms. The highest BCUT2D eigenvalue weighted by molar-refractivity contribution is 8.00. The van der Waals surface area contributed by atoms with E-state index in [2.05, 4.69) is 19.2 Å². The summed E-state index contributed by atoms with van der Waals surface area (Å²) in [5, 5.41) is 11.6. The first-order chi connectivity index (χ1) is 9.30. The number of urea groups is 1. The number of hydrogen-bond donors (Lipinski definition) is 2. The van der Waals surface area contributed by atoms with Gasteiger partial charge in [0.15, 0.2) is 0 Å². The molecule has 0 aromatic carbocycles. The Hall–Kier alpha value is -0.910. The summed E-state index contributed by atoms with van der Waals surface area (Å²) in [4.78, 5) is 24.4. The summed E-state index contributed by atoms with van der Waals surface area (Å²) in [5.74, 6) is 0.545. The van der Waals surface area contributed by atoms with Crippen molar-refractivity contribution in [2.75, 3.05) is 25.4 Å². The van der Waals surface area contributed by atoms with Crippen LogP contribution in [0.5, 0.6) is 0 Å². The van der Waals surface area contributed by atoms with E-state index in [0.717, 1.165) is 25.3 Å². The topological polar surface area (TPSA) is 69.6 Å². The van der Waals surface area contributed by atoms with Crippen LogP contribution in [0.2, 0.25) is 0 Å².